The zero-order chi connectivity index (χ0) is 24.7. The molecule has 1 aliphatic carbocycles. The summed E-state index contributed by atoms with van der Waals surface area (Å²) >= 11 is 6.03. The summed E-state index contributed by atoms with van der Waals surface area (Å²) in [4.78, 5) is 15.0. The number of ketones is 1. The lowest BCUT2D eigenvalue weighted by Crippen LogP contribution is -2.42. The normalized spacial score (nSPS) is 19.6. The summed E-state index contributed by atoms with van der Waals surface area (Å²) in [6.45, 7) is 0. The number of carbonyl (C=O) groups excluding carboxylic acids is 1. The molecule has 7 heteroatoms. The van der Waals surface area contributed by atoms with Crippen LogP contribution in [0.1, 0.15) is 36.3 Å². The zero-order valence-corrected chi connectivity index (χ0v) is 19.3. The van der Waals surface area contributed by atoms with E-state index < -0.39 is 17.6 Å². The lowest BCUT2D eigenvalue weighted by Gasteiger charge is -2.41. The molecule has 1 heterocycles. The van der Waals surface area contributed by atoms with Crippen molar-refractivity contribution in [2.45, 2.75) is 25.2 Å². The minimum atomic E-state index is -0.765. The molecule has 0 spiro atoms. The first-order chi connectivity index (χ1) is 16.8. The second-order valence-corrected chi connectivity index (χ2v) is 8.99. The van der Waals surface area contributed by atoms with Crippen molar-refractivity contribution in [3.05, 3.63) is 117 Å². The van der Waals surface area contributed by atoms with E-state index in [0.717, 1.165) is 0 Å². The molecule has 4 nitrogen and oxygen atoms in total. The second kappa shape index (κ2) is 9.12. The monoisotopic (exact) mass is 490 g/mol. The van der Waals surface area contributed by atoms with Gasteiger partial charge in [0, 0.05) is 45.5 Å². The Morgan fingerprint density at radius 1 is 0.914 bits per heavy atom. The molecule has 1 aliphatic heterocycles. The van der Waals surface area contributed by atoms with Gasteiger partial charge in [-0.2, -0.15) is 0 Å². The van der Waals surface area contributed by atoms with Crippen LogP contribution in [0.25, 0.3) is 5.76 Å². The lowest BCUT2D eigenvalue weighted by molar-refractivity contribution is -0.116. The molecule has 0 amide bonds. The molecule has 5 rings (SSSR count). The Morgan fingerprint density at radius 2 is 1.51 bits per heavy atom. The number of benzene rings is 3. The third kappa shape index (κ3) is 4.15. The Labute approximate surface area is 206 Å². The molecule has 2 N–H and O–H groups in total. The largest absolute Gasteiger partial charge is 0.507 e. The van der Waals surface area contributed by atoms with Gasteiger partial charge in [0.1, 0.15) is 23.2 Å². The highest BCUT2D eigenvalue weighted by Gasteiger charge is 2.43. The van der Waals surface area contributed by atoms with Crippen molar-refractivity contribution < 1.29 is 18.7 Å². The third-order valence-corrected chi connectivity index (χ3v) is 6.67. The minimum absolute atomic E-state index is 0.0353. The summed E-state index contributed by atoms with van der Waals surface area (Å²) in [6, 6.07) is 17.9. The second-order valence-electron chi connectivity index (χ2n) is 8.55. The van der Waals surface area contributed by atoms with Gasteiger partial charge in [0.25, 0.3) is 0 Å². The number of nitrogens with zero attached hydrogens (tertiary/aromatic N) is 1. The van der Waals surface area contributed by atoms with Gasteiger partial charge in [0.05, 0.1) is 0 Å². The first kappa shape index (κ1) is 23.0. The molecule has 35 heavy (non-hydrogen) atoms. The highest BCUT2D eigenvalue weighted by Crippen LogP contribution is 2.47. The molecule has 0 aromatic heterocycles. The zero-order valence-electron chi connectivity index (χ0n) is 18.6. The fourth-order valence-electron chi connectivity index (χ4n) is 4.82. The number of carbonyl (C=O) groups is 1. The van der Waals surface area contributed by atoms with E-state index in [9.17, 15) is 24.1 Å². The van der Waals surface area contributed by atoms with Gasteiger partial charge < -0.3 is 5.11 Å². The number of amidine groups is 1. The summed E-state index contributed by atoms with van der Waals surface area (Å²) in [5.41, 5.74) is 2.83. The molecule has 3 aromatic rings. The maximum Gasteiger partial charge on any atom is 0.161 e. The van der Waals surface area contributed by atoms with E-state index in [1.807, 2.05) is 0 Å². The number of rotatable bonds is 3. The summed E-state index contributed by atoms with van der Waals surface area (Å²) in [5.74, 6) is -1.93. The first-order valence-electron chi connectivity index (χ1n) is 11.2. The van der Waals surface area contributed by atoms with Gasteiger partial charge in [-0.15, -0.1) is 0 Å². The Hall–Kier alpha value is -3.77. The quantitative estimate of drug-likeness (QED) is 0.382. The standard InChI is InChI=1S/C28H21ClF2N2O2/c29-18-8-4-17(5-9-18)27(35)26-24(16-6-10-19(30)11-7-16)25-22(2-1-3-23(25)34)33(28(26)32)21-14-12-20(31)13-15-21/h4-15,24,32,35H,1-3H2/b27-26+,32-28?. The first-order valence-corrected chi connectivity index (χ1v) is 11.6. The highest BCUT2D eigenvalue weighted by molar-refractivity contribution is 6.30. The number of hydrogen-bond donors (Lipinski definition) is 2. The molecule has 0 fully saturated rings. The smallest absolute Gasteiger partial charge is 0.161 e. The van der Waals surface area contributed by atoms with Crippen LogP contribution in [0.5, 0.6) is 0 Å². The van der Waals surface area contributed by atoms with Crippen molar-refractivity contribution in [1.82, 2.24) is 0 Å². The van der Waals surface area contributed by atoms with Crippen molar-refractivity contribution in [3.63, 3.8) is 0 Å². The Bertz CT molecular complexity index is 1380. The fraction of sp³-hybridized carbons (Fsp3) is 0.143. The van der Waals surface area contributed by atoms with Crippen LogP contribution in [0.15, 0.2) is 89.6 Å². The Morgan fingerprint density at radius 3 is 2.14 bits per heavy atom. The van der Waals surface area contributed by atoms with Crippen molar-refractivity contribution >= 4 is 34.7 Å². The van der Waals surface area contributed by atoms with Crippen molar-refractivity contribution in [2.24, 2.45) is 0 Å². The van der Waals surface area contributed by atoms with Crippen LogP contribution in [-0.2, 0) is 4.79 Å². The molecule has 176 valence electrons. The Kier molecular flexibility index (Phi) is 5.99. The molecule has 1 unspecified atom stereocenters. The van der Waals surface area contributed by atoms with Gasteiger partial charge in [0.2, 0.25) is 0 Å². The maximum absolute atomic E-state index is 13.8. The van der Waals surface area contributed by atoms with E-state index in [-0.39, 0.29) is 23.0 Å². The van der Waals surface area contributed by atoms with Gasteiger partial charge in [0.15, 0.2) is 5.78 Å². The SMILES string of the molecule is N=C1/C(=C(/O)c2ccc(Cl)cc2)C(c2ccc(F)cc2)C2=C(CCCC2=O)N1c1ccc(F)cc1. The van der Waals surface area contributed by atoms with Crippen LogP contribution in [0.4, 0.5) is 14.5 Å². The average Bonchev–Trinajstić information content (AvgIpc) is 2.85. The van der Waals surface area contributed by atoms with Gasteiger partial charge >= 0.3 is 0 Å². The molecule has 2 aliphatic rings. The number of nitrogens with one attached hydrogen (secondary N) is 1. The number of hydrogen-bond acceptors (Lipinski definition) is 3. The van der Waals surface area contributed by atoms with Gasteiger partial charge in [-0.1, -0.05) is 23.7 Å². The Balaban J connectivity index is 1.81. The van der Waals surface area contributed by atoms with Crippen LogP contribution in [0.2, 0.25) is 5.02 Å². The summed E-state index contributed by atoms with van der Waals surface area (Å²) in [5, 5.41) is 21.2. The van der Waals surface area contributed by atoms with E-state index in [2.05, 4.69) is 0 Å². The number of aliphatic hydroxyl groups is 1. The van der Waals surface area contributed by atoms with Crippen LogP contribution < -0.4 is 4.90 Å². The van der Waals surface area contributed by atoms with Crippen LogP contribution in [0.3, 0.4) is 0 Å². The van der Waals surface area contributed by atoms with E-state index in [1.54, 1.807) is 53.4 Å². The predicted octanol–water partition coefficient (Wildman–Crippen LogP) is 7.18. The molecule has 3 aromatic carbocycles. The van der Waals surface area contributed by atoms with Crippen molar-refractivity contribution in [1.29, 1.82) is 5.41 Å². The van der Waals surface area contributed by atoms with E-state index in [0.29, 0.717) is 52.4 Å². The predicted molar refractivity (Wildman–Crippen MR) is 133 cm³/mol. The third-order valence-electron chi connectivity index (χ3n) is 6.42. The topological polar surface area (TPSA) is 64.4 Å². The summed E-state index contributed by atoms with van der Waals surface area (Å²) in [6.07, 6.45) is 1.48. The number of Topliss-reactive ketones (excluding diaryl/α,β-unsaturated/α-hetero) is 1. The average molecular weight is 491 g/mol. The molecule has 0 radical (unpaired) electrons. The molecule has 0 bridgehead atoms. The van der Waals surface area contributed by atoms with Gasteiger partial charge in [-0.05, 0) is 79.1 Å². The van der Waals surface area contributed by atoms with Gasteiger partial charge in [-0.3, -0.25) is 15.1 Å². The number of anilines is 1. The van der Waals surface area contributed by atoms with E-state index in [4.69, 9.17) is 11.6 Å². The van der Waals surface area contributed by atoms with E-state index in [1.165, 1.54) is 24.3 Å². The van der Waals surface area contributed by atoms with Crippen LogP contribution >= 0.6 is 11.6 Å². The summed E-state index contributed by atoms with van der Waals surface area (Å²) in [7, 11) is 0. The number of aliphatic hydroxyl groups excluding tert-OH is 1. The maximum atomic E-state index is 13.8. The molecular weight excluding hydrogens is 470 g/mol. The molecule has 1 atom stereocenters. The lowest BCUT2D eigenvalue weighted by atomic mass is 9.73. The van der Waals surface area contributed by atoms with E-state index >= 15 is 0 Å². The minimum Gasteiger partial charge on any atom is -0.507 e. The summed E-state index contributed by atoms with van der Waals surface area (Å²) < 4.78 is 27.5. The van der Waals surface area contributed by atoms with Gasteiger partial charge in [-0.25, -0.2) is 8.78 Å². The van der Waals surface area contributed by atoms with Crippen molar-refractivity contribution in [3.8, 4) is 0 Å². The number of allylic oxidation sites excluding steroid dienone is 2. The fourth-order valence-corrected chi connectivity index (χ4v) is 4.94. The molecule has 0 saturated heterocycles. The number of halogens is 3. The molecular formula is C28H21ClF2N2O2. The van der Waals surface area contributed by atoms with Crippen LogP contribution in [-0.4, -0.2) is 16.7 Å². The molecule has 0 saturated carbocycles. The highest BCUT2D eigenvalue weighted by atomic mass is 35.5. The van der Waals surface area contributed by atoms with Crippen LogP contribution in [0, 0.1) is 17.0 Å². The van der Waals surface area contributed by atoms with Crippen molar-refractivity contribution in [2.75, 3.05) is 4.90 Å².